The van der Waals surface area contributed by atoms with Gasteiger partial charge >= 0.3 is 0 Å². The van der Waals surface area contributed by atoms with Gasteiger partial charge in [-0.3, -0.25) is 10.1 Å². The predicted octanol–water partition coefficient (Wildman–Crippen LogP) is 1.57. The van der Waals surface area contributed by atoms with E-state index in [0.29, 0.717) is 6.42 Å². The van der Waals surface area contributed by atoms with Gasteiger partial charge in [-0.25, -0.2) is 18.1 Å². The smallest absolute Gasteiger partial charge is 0.258 e. The molecule has 0 aliphatic carbocycles. The molecule has 1 heterocycles. The molecule has 1 aromatic carbocycles. The highest BCUT2D eigenvalue weighted by molar-refractivity contribution is 7.89. The van der Waals surface area contributed by atoms with Crippen LogP contribution in [-0.2, 0) is 16.4 Å². The first-order chi connectivity index (χ1) is 9.49. The largest absolute Gasteiger partial charge is 0.270 e. The molecule has 0 amide bonds. The molecule has 2 aromatic rings. The second kappa shape index (κ2) is 6.07. The number of sulfonamides is 1. The van der Waals surface area contributed by atoms with Gasteiger partial charge in [0.15, 0.2) is 0 Å². The number of thiazole rings is 1. The summed E-state index contributed by atoms with van der Waals surface area (Å²) in [5.74, 6) is 0. The topological polar surface area (TPSA) is 102 Å². The van der Waals surface area contributed by atoms with Crippen molar-refractivity contribution in [3.05, 3.63) is 51.0 Å². The highest BCUT2D eigenvalue weighted by atomic mass is 32.2. The highest BCUT2D eigenvalue weighted by Crippen LogP contribution is 2.17. The number of nitro groups is 1. The van der Waals surface area contributed by atoms with Gasteiger partial charge in [-0.2, -0.15) is 0 Å². The third-order valence-electron chi connectivity index (χ3n) is 2.45. The number of hydrogen-bond acceptors (Lipinski definition) is 6. The van der Waals surface area contributed by atoms with Gasteiger partial charge < -0.3 is 0 Å². The van der Waals surface area contributed by atoms with E-state index in [-0.39, 0.29) is 17.1 Å². The molecule has 1 aromatic heterocycles. The zero-order valence-corrected chi connectivity index (χ0v) is 11.9. The lowest BCUT2D eigenvalue weighted by molar-refractivity contribution is -0.385. The fraction of sp³-hybridized carbons (Fsp3) is 0.182. The zero-order chi connectivity index (χ0) is 14.6. The maximum absolute atomic E-state index is 12.0. The van der Waals surface area contributed by atoms with Crippen molar-refractivity contribution in [1.82, 2.24) is 9.71 Å². The lowest BCUT2D eigenvalue weighted by Gasteiger charge is -2.05. The maximum atomic E-state index is 12.0. The molecule has 1 N–H and O–H groups in total. The molecule has 0 bridgehead atoms. The first-order valence-corrected chi connectivity index (χ1v) is 7.98. The van der Waals surface area contributed by atoms with E-state index in [1.807, 2.05) is 5.38 Å². The summed E-state index contributed by atoms with van der Waals surface area (Å²) in [4.78, 5) is 13.9. The van der Waals surface area contributed by atoms with Crippen LogP contribution < -0.4 is 4.72 Å². The molecule has 9 heteroatoms. The summed E-state index contributed by atoms with van der Waals surface area (Å²) >= 11 is 1.44. The third-order valence-corrected chi connectivity index (χ3v) is 4.75. The Morgan fingerprint density at radius 2 is 2.20 bits per heavy atom. The maximum Gasteiger partial charge on any atom is 0.270 e. The summed E-state index contributed by atoms with van der Waals surface area (Å²) in [6.45, 7) is 0.193. The summed E-state index contributed by atoms with van der Waals surface area (Å²) < 4.78 is 26.4. The predicted molar refractivity (Wildman–Crippen MR) is 74.1 cm³/mol. The first kappa shape index (κ1) is 14.6. The van der Waals surface area contributed by atoms with Gasteiger partial charge in [-0.05, 0) is 6.07 Å². The molecule has 0 fully saturated rings. The number of rotatable bonds is 6. The SMILES string of the molecule is O=[N+]([O-])c1cccc(S(=O)(=O)NCCc2nccs2)c1. The van der Waals surface area contributed by atoms with Gasteiger partial charge in [-0.15, -0.1) is 11.3 Å². The number of nitro benzene ring substituents is 1. The minimum atomic E-state index is -3.75. The Bertz CT molecular complexity index is 698. The van der Waals surface area contributed by atoms with E-state index in [1.54, 1.807) is 6.20 Å². The van der Waals surface area contributed by atoms with E-state index in [1.165, 1.54) is 29.5 Å². The number of nitrogens with zero attached hydrogens (tertiary/aromatic N) is 2. The van der Waals surface area contributed by atoms with Crippen LogP contribution >= 0.6 is 11.3 Å². The van der Waals surface area contributed by atoms with E-state index in [0.717, 1.165) is 11.1 Å². The summed E-state index contributed by atoms with van der Waals surface area (Å²) in [5, 5.41) is 13.3. The second-order valence-electron chi connectivity index (χ2n) is 3.83. The Morgan fingerprint density at radius 1 is 1.40 bits per heavy atom. The van der Waals surface area contributed by atoms with Crippen LogP contribution in [0.15, 0.2) is 40.7 Å². The average molecular weight is 313 g/mol. The van der Waals surface area contributed by atoms with Crippen molar-refractivity contribution in [3.63, 3.8) is 0 Å². The molecule has 0 radical (unpaired) electrons. The van der Waals surface area contributed by atoms with Gasteiger partial charge in [0.05, 0.1) is 14.8 Å². The van der Waals surface area contributed by atoms with Crippen molar-refractivity contribution < 1.29 is 13.3 Å². The number of non-ortho nitro benzene ring substituents is 1. The molecule has 7 nitrogen and oxygen atoms in total. The van der Waals surface area contributed by atoms with E-state index in [4.69, 9.17) is 0 Å². The minimum Gasteiger partial charge on any atom is -0.258 e. The zero-order valence-electron chi connectivity index (χ0n) is 10.2. The average Bonchev–Trinajstić information content (AvgIpc) is 2.92. The van der Waals surface area contributed by atoms with E-state index >= 15 is 0 Å². The van der Waals surface area contributed by atoms with Gasteiger partial charge in [0, 0.05) is 36.7 Å². The standard InChI is InChI=1S/C11H11N3O4S2/c15-14(16)9-2-1-3-10(8-9)20(17,18)13-5-4-11-12-6-7-19-11/h1-3,6-8,13H,4-5H2. The Hall–Kier alpha value is -1.84. The molecular formula is C11H11N3O4S2. The van der Waals surface area contributed by atoms with Crippen LogP contribution in [0.4, 0.5) is 5.69 Å². The lowest BCUT2D eigenvalue weighted by Crippen LogP contribution is -2.26. The van der Waals surface area contributed by atoms with Gasteiger partial charge in [0.25, 0.3) is 5.69 Å². The molecule has 0 aliphatic heterocycles. The Balaban J connectivity index is 2.06. The molecular weight excluding hydrogens is 302 g/mol. The molecule has 2 rings (SSSR count). The summed E-state index contributed by atoms with van der Waals surface area (Å²) in [5.41, 5.74) is -0.257. The monoisotopic (exact) mass is 313 g/mol. The molecule has 106 valence electrons. The molecule has 0 atom stereocenters. The summed E-state index contributed by atoms with van der Waals surface area (Å²) in [6.07, 6.45) is 2.13. The van der Waals surface area contributed by atoms with Crippen molar-refractivity contribution in [2.24, 2.45) is 0 Å². The third kappa shape index (κ3) is 3.59. The Kier molecular flexibility index (Phi) is 4.42. The lowest BCUT2D eigenvalue weighted by atomic mass is 10.3. The first-order valence-electron chi connectivity index (χ1n) is 5.61. The quantitative estimate of drug-likeness (QED) is 0.644. The molecule has 0 saturated carbocycles. The van der Waals surface area contributed by atoms with E-state index in [9.17, 15) is 18.5 Å². The molecule has 0 spiro atoms. The fourth-order valence-electron chi connectivity index (χ4n) is 1.52. The van der Waals surface area contributed by atoms with Crippen molar-refractivity contribution in [2.75, 3.05) is 6.54 Å². The van der Waals surface area contributed by atoms with Gasteiger partial charge in [0.1, 0.15) is 0 Å². The van der Waals surface area contributed by atoms with E-state index < -0.39 is 14.9 Å². The molecule has 0 aliphatic rings. The van der Waals surface area contributed by atoms with E-state index in [2.05, 4.69) is 9.71 Å². The number of nitrogens with one attached hydrogen (secondary N) is 1. The number of aromatic nitrogens is 1. The van der Waals surface area contributed by atoms with Gasteiger partial charge in [-0.1, -0.05) is 6.07 Å². The molecule has 0 saturated heterocycles. The van der Waals surface area contributed by atoms with Crippen LogP contribution in [0.3, 0.4) is 0 Å². The summed E-state index contributed by atoms with van der Waals surface area (Å²) in [7, 11) is -3.75. The van der Waals surface area contributed by atoms with Gasteiger partial charge in [0.2, 0.25) is 10.0 Å². The Morgan fingerprint density at radius 3 is 2.85 bits per heavy atom. The van der Waals surface area contributed by atoms with Crippen molar-refractivity contribution in [1.29, 1.82) is 0 Å². The highest BCUT2D eigenvalue weighted by Gasteiger charge is 2.17. The number of hydrogen-bond donors (Lipinski definition) is 1. The molecule has 0 unspecified atom stereocenters. The van der Waals surface area contributed by atoms with Crippen LogP contribution in [0.5, 0.6) is 0 Å². The summed E-state index contributed by atoms with van der Waals surface area (Å²) in [6, 6.07) is 4.94. The van der Waals surface area contributed by atoms with Crippen LogP contribution in [0.25, 0.3) is 0 Å². The second-order valence-corrected chi connectivity index (χ2v) is 6.57. The Labute approximate surface area is 119 Å². The van der Waals surface area contributed by atoms with Crippen molar-refractivity contribution >= 4 is 27.0 Å². The van der Waals surface area contributed by atoms with Crippen molar-refractivity contribution in [3.8, 4) is 0 Å². The normalized spacial score (nSPS) is 11.4. The van der Waals surface area contributed by atoms with Crippen molar-refractivity contribution in [2.45, 2.75) is 11.3 Å². The molecule has 20 heavy (non-hydrogen) atoms. The van der Waals surface area contributed by atoms with Crippen LogP contribution in [0.2, 0.25) is 0 Å². The fourth-order valence-corrected chi connectivity index (χ4v) is 3.21. The van der Waals surface area contributed by atoms with Crippen LogP contribution in [-0.4, -0.2) is 24.9 Å². The number of benzene rings is 1. The minimum absolute atomic E-state index is 0.120. The van der Waals surface area contributed by atoms with Crippen LogP contribution in [0, 0.1) is 10.1 Å². The van der Waals surface area contributed by atoms with Crippen LogP contribution in [0.1, 0.15) is 5.01 Å².